The number of hydrogen-bond donors (Lipinski definition) is 3. The Labute approximate surface area is 619 Å². The van der Waals surface area contributed by atoms with E-state index in [1.165, 1.54) is 250 Å². The lowest BCUT2D eigenvalue weighted by Gasteiger charge is -2.21. The predicted molar refractivity (Wildman–Crippen MR) is 414 cm³/mol. The normalized spacial score (nSPS) is 13.9. The van der Waals surface area contributed by atoms with Crippen LogP contribution >= 0.6 is 15.6 Å². The van der Waals surface area contributed by atoms with Gasteiger partial charge in [-0.1, -0.05) is 382 Å². The van der Waals surface area contributed by atoms with E-state index < -0.39 is 97.5 Å². The molecule has 0 radical (unpaired) electrons. The zero-order valence-electron chi connectivity index (χ0n) is 66.2. The van der Waals surface area contributed by atoms with Gasteiger partial charge in [-0.3, -0.25) is 37.3 Å². The number of ether oxygens (including phenoxy) is 4. The molecule has 0 amide bonds. The summed E-state index contributed by atoms with van der Waals surface area (Å²) in [6.07, 6.45) is 63.8. The van der Waals surface area contributed by atoms with Gasteiger partial charge in [0.2, 0.25) is 0 Å². The number of phosphoric ester groups is 2. The SMILES string of the molecule is CCCCCCCCCCCCCCCCCCCCCCC(=O)O[C@H](COC(=O)CCCCCCCCCCCCCCCC(C)C)COP(=O)(O)OC[C@@H](O)COP(=O)(O)OC[C@@H](COC(=O)CCCCCCCCCCCCCC)OC(=O)CCCCCCCCCCCCC(C)C. The first-order valence-corrected chi connectivity index (χ1v) is 45.5. The average molecular weight is 1480 g/mol. The Bertz CT molecular complexity index is 1940. The molecule has 0 aliphatic rings. The van der Waals surface area contributed by atoms with E-state index >= 15 is 0 Å². The van der Waals surface area contributed by atoms with Gasteiger partial charge in [0, 0.05) is 25.7 Å². The average Bonchev–Trinajstić information content (AvgIpc) is 0.950. The first kappa shape index (κ1) is 99.1. The van der Waals surface area contributed by atoms with Gasteiger partial charge in [-0.25, -0.2) is 9.13 Å². The van der Waals surface area contributed by atoms with Crippen LogP contribution in [0.4, 0.5) is 0 Å². The number of aliphatic hydroxyl groups is 1. The second-order valence-electron chi connectivity index (χ2n) is 30.5. The third-order valence-electron chi connectivity index (χ3n) is 19.2. The van der Waals surface area contributed by atoms with Crippen LogP contribution < -0.4 is 0 Å². The van der Waals surface area contributed by atoms with E-state index in [0.717, 1.165) is 102 Å². The van der Waals surface area contributed by atoms with E-state index in [1.807, 2.05) is 0 Å². The first-order valence-electron chi connectivity index (χ1n) is 42.5. The fourth-order valence-electron chi connectivity index (χ4n) is 12.7. The fourth-order valence-corrected chi connectivity index (χ4v) is 14.3. The Balaban J connectivity index is 5.24. The van der Waals surface area contributed by atoms with Crippen LogP contribution in [0.3, 0.4) is 0 Å². The van der Waals surface area contributed by atoms with Crippen molar-refractivity contribution < 1.29 is 80.2 Å². The van der Waals surface area contributed by atoms with Crippen LogP contribution in [0.15, 0.2) is 0 Å². The third kappa shape index (κ3) is 76.1. The molecule has 0 saturated carbocycles. The zero-order chi connectivity index (χ0) is 74.2. The predicted octanol–water partition coefficient (Wildman–Crippen LogP) is 24.7. The summed E-state index contributed by atoms with van der Waals surface area (Å²) < 4.78 is 68.8. The molecule has 0 bridgehead atoms. The Hall–Kier alpha value is -1.94. The molecule has 0 aliphatic carbocycles. The Morgan fingerprint density at radius 3 is 0.673 bits per heavy atom. The number of carbonyl (C=O) groups is 4. The maximum absolute atomic E-state index is 13.1. The van der Waals surface area contributed by atoms with Gasteiger partial charge >= 0.3 is 39.5 Å². The number of esters is 4. The molecule has 0 fully saturated rings. The van der Waals surface area contributed by atoms with Crippen LogP contribution in [0.25, 0.3) is 0 Å². The van der Waals surface area contributed by atoms with E-state index in [1.54, 1.807) is 0 Å². The molecule has 0 aliphatic heterocycles. The van der Waals surface area contributed by atoms with Gasteiger partial charge in [-0.2, -0.15) is 0 Å². The Morgan fingerprint density at radius 2 is 0.455 bits per heavy atom. The van der Waals surface area contributed by atoms with E-state index in [9.17, 15) is 43.2 Å². The molecular formula is C82H160O17P2. The van der Waals surface area contributed by atoms with E-state index in [0.29, 0.717) is 25.7 Å². The molecular weight excluding hydrogens is 1320 g/mol. The number of rotatable bonds is 81. The molecule has 101 heavy (non-hydrogen) atoms. The van der Waals surface area contributed by atoms with Crippen molar-refractivity contribution >= 4 is 39.5 Å². The van der Waals surface area contributed by atoms with Crippen LogP contribution in [0.1, 0.15) is 433 Å². The number of hydrogen-bond acceptors (Lipinski definition) is 15. The van der Waals surface area contributed by atoms with Crippen LogP contribution in [-0.2, 0) is 65.4 Å². The van der Waals surface area contributed by atoms with E-state index in [4.69, 9.17) is 37.0 Å². The van der Waals surface area contributed by atoms with Crippen LogP contribution in [-0.4, -0.2) is 96.7 Å². The molecule has 2 unspecified atom stereocenters. The molecule has 0 heterocycles. The van der Waals surface area contributed by atoms with Crippen molar-refractivity contribution in [3.05, 3.63) is 0 Å². The minimum atomic E-state index is -4.96. The quantitative estimate of drug-likeness (QED) is 0.0222. The molecule has 0 spiro atoms. The van der Waals surface area contributed by atoms with Gasteiger partial charge in [0.05, 0.1) is 26.4 Å². The van der Waals surface area contributed by atoms with Crippen molar-refractivity contribution in [2.24, 2.45) is 11.8 Å². The van der Waals surface area contributed by atoms with E-state index in [-0.39, 0.29) is 25.7 Å². The fraction of sp³-hybridized carbons (Fsp3) is 0.951. The summed E-state index contributed by atoms with van der Waals surface area (Å²) in [4.78, 5) is 73.1. The molecule has 0 aromatic rings. The van der Waals surface area contributed by atoms with Gasteiger partial charge in [0.1, 0.15) is 19.3 Å². The Morgan fingerprint density at radius 1 is 0.267 bits per heavy atom. The van der Waals surface area contributed by atoms with Gasteiger partial charge in [0.25, 0.3) is 0 Å². The summed E-state index contributed by atoms with van der Waals surface area (Å²) in [6.45, 7) is 9.65. The molecule has 19 heteroatoms. The lowest BCUT2D eigenvalue weighted by Crippen LogP contribution is -2.30. The summed E-state index contributed by atoms with van der Waals surface area (Å²) in [7, 11) is -9.92. The van der Waals surface area contributed by atoms with Crippen LogP contribution in [0.5, 0.6) is 0 Å². The van der Waals surface area contributed by atoms with Crippen molar-refractivity contribution in [3.63, 3.8) is 0 Å². The number of phosphoric acid groups is 2. The van der Waals surface area contributed by atoms with E-state index in [2.05, 4.69) is 41.5 Å². The second kappa shape index (κ2) is 73.6. The van der Waals surface area contributed by atoms with Crippen molar-refractivity contribution in [2.45, 2.75) is 452 Å². The molecule has 5 atom stereocenters. The first-order chi connectivity index (χ1) is 48.9. The van der Waals surface area contributed by atoms with Crippen molar-refractivity contribution in [1.82, 2.24) is 0 Å². The smallest absolute Gasteiger partial charge is 0.462 e. The summed E-state index contributed by atoms with van der Waals surface area (Å²) in [5, 5.41) is 10.7. The molecule has 600 valence electrons. The van der Waals surface area contributed by atoms with Crippen molar-refractivity contribution in [3.8, 4) is 0 Å². The lowest BCUT2D eigenvalue weighted by atomic mass is 10.0. The van der Waals surface area contributed by atoms with Crippen molar-refractivity contribution in [2.75, 3.05) is 39.6 Å². The molecule has 17 nitrogen and oxygen atoms in total. The molecule has 0 saturated heterocycles. The molecule has 0 aromatic heterocycles. The lowest BCUT2D eigenvalue weighted by molar-refractivity contribution is -0.161. The monoisotopic (exact) mass is 1480 g/mol. The highest BCUT2D eigenvalue weighted by Gasteiger charge is 2.30. The third-order valence-corrected chi connectivity index (χ3v) is 21.1. The maximum atomic E-state index is 13.1. The second-order valence-corrected chi connectivity index (χ2v) is 33.4. The van der Waals surface area contributed by atoms with Gasteiger partial charge in [0.15, 0.2) is 12.2 Å². The highest BCUT2D eigenvalue weighted by atomic mass is 31.2. The highest BCUT2D eigenvalue weighted by Crippen LogP contribution is 2.45. The summed E-state index contributed by atoms with van der Waals surface area (Å²) in [5.74, 6) is -0.563. The summed E-state index contributed by atoms with van der Waals surface area (Å²) >= 11 is 0. The standard InChI is InChI=1S/C82H160O17P2/c1-7-9-11-13-15-17-19-21-22-23-24-25-26-27-30-35-42-48-54-60-66-81(86)98-77(70-93-80(85)65-59-53-47-41-34-31-28-29-32-38-44-50-56-62-74(3)4)72-96-100(88,89)94-68-76(83)69-95-101(90,91)97-73-78(71-92-79(84)64-58-52-46-40-33-20-18-16-14-12-10-8-2)99-82(87)67-61-55-49-43-37-36-39-45-51-57-63-75(5)6/h74-78,83H,7-73H2,1-6H3,(H,88,89)(H,90,91)/t76-,77-,78-/m1/s1. The highest BCUT2D eigenvalue weighted by molar-refractivity contribution is 7.47. The number of carbonyl (C=O) groups excluding carboxylic acids is 4. The summed E-state index contributed by atoms with van der Waals surface area (Å²) in [6, 6.07) is 0. The topological polar surface area (TPSA) is 237 Å². The van der Waals surface area contributed by atoms with Crippen LogP contribution in [0, 0.1) is 11.8 Å². The van der Waals surface area contributed by atoms with Crippen LogP contribution in [0.2, 0.25) is 0 Å². The number of unbranched alkanes of at least 4 members (excludes halogenated alkanes) is 51. The summed E-state index contributed by atoms with van der Waals surface area (Å²) in [5.41, 5.74) is 0. The minimum Gasteiger partial charge on any atom is -0.462 e. The minimum absolute atomic E-state index is 0.107. The number of aliphatic hydroxyl groups excluding tert-OH is 1. The maximum Gasteiger partial charge on any atom is 0.472 e. The Kier molecular flexibility index (Phi) is 72.2. The van der Waals surface area contributed by atoms with Gasteiger partial charge in [-0.15, -0.1) is 0 Å². The zero-order valence-corrected chi connectivity index (χ0v) is 68.0. The largest absolute Gasteiger partial charge is 0.472 e. The molecule has 3 N–H and O–H groups in total. The van der Waals surface area contributed by atoms with Gasteiger partial charge < -0.3 is 33.8 Å². The van der Waals surface area contributed by atoms with Crippen molar-refractivity contribution in [1.29, 1.82) is 0 Å². The van der Waals surface area contributed by atoms with Gasteiger partial charge in [-0.05, 0) is 37.5 Å². The molecule has 0 aromatic carbocycles. The molecule has 0 rings (SSSR count).